The van der Waals surface area contributed by atoms with E-state index in [4.69, 9.17) is 4.74 Å². The summed E-state index contributed by atoms with van der Waals surface area (Å²) in [6.07, 6.45) is 1.64. The molecular weight excluding hydrogens is 510 g/mol. The molecule has 1 aliphatic heterocycles. The highest BCUT2D eigenvalue weighted by atomic mass is 127. The lowest BCUT2D eigenvalue weighted by Gasteiger charge is -2.11. The van der Waals surface area contributed by atoms with Crippen molar-refractivity contribution in [3.63, 3.8) is 0 Å². The number of urea groups is 1. The number of imide groups is 1. The molecule has 0 aromatic heterocycles. The number of hydrogen-bond donors (Lipinski definition) is 1. The van der Waals surface area contributed by atoms with Gasteiger partial charge >= 0.3 is 6.03 Å². The Labute approximate surface area is 192 Å². The van der Waals surface area contributed by atoms with Crippen molar-refractivity contribution in [1.82, 2.24) is 10.2 Å². The van der Waals surface area contributed by atoms with Crippen molar-refractivity contribution in [2.45, 2.75) is 13.2 Å². The molecule has 4 rings (SSSR count). The molecule has 7 heteroatoms. The number of halogens is 2. The lowest BCUT2D eigenvalue weighted by atomic mass is 10.1. The standard InChI is InChI=1S/C24H18FIN2O3/c25-19-8-4-7-18(11-19)15-31-22-10-9-17(12-20(22)26)13-21-23(29)28(24(30)27-21)14-16-5-2-1-3-6-16/h1-13H,14-15H2,(H,27,30)/b21-13+. The SMILES string of the molecule is O=C1N/C(=C/c2ccc(OCc3cccc(F)c3)c(I)c2)C(=O)N1Cc1ccccc1. The predicted octanol–water partition coefficient (Wildman–Crippen LogP) is 5.10. The van der Waals surface area contributed by atoms with Gasteiger partial charge in [-0.05, 0) is 69.6 Å². The molecule has 1 N–H and O–H groups in total. The Morgan fingerprint density at radius 3 is 2.48 bits per heavy atom. The van der Waals surface area contributed by atoms with Crippen LogP contribution in [0.1, 0.15) is 16.7 Å². The van der Waals surface area contributed by atoms with E-state index < -0.39 is 6.03 Å². The van der Waals surface area contributed by atoms with Crippen LogP contribution >= 0.6 is 22.6 Å². The lowest BCUT2D eigenvalue weighted by Crippen LogP contribution is -2.30. The largest absolute Gasteiger partial charge is 0.488 e. The Bertz CT molecular complexity index is 1160. The maximum Gasteiger partial charge on any atom is 0.329 e. The summed E-state index contributed by atoms with van der Waals surface area (Å²) in [5.41, 5.74) is 2.60. The van der Waals surface area contributed by atoms with Gasteiger partial charge in [-0.15, -0.1) is 0 Å². The molecule has 0 saturated carbocycles. The summed E-state index contributed by atoms with van der Waals surface area (Å²) in [5, 5.41) is 2.64. The minimum atomic E-state index is -0.440. The molecule has 1 heterocycles. The predicted molar refractivity (Wildman–Crippen MR) is 123 cm³/mol. The van der Waals surface area contributed by atoms with Crippen LogP contribution in [-0.4, -0.2) is 16.8 Å². The third kappa shape index (κ3) is 5.11. The van der Waals surface area contributed by atoms with Crippen LogP contribution in [0.25, 0.3) is 6.08 Å². The number of amides is 3. The van der Waals surface area contributed by atoms with Gasteiger partial charge in [0.15, 0.2) is 0 Å². The second-order valence-electron chi connectivity index (χ2n) is 6.97. The fraction of sp³-hybridized carbons (Fsp3) is 0.0833. The zero-order chi connectivity index (χ0) is 21.8. The zero-order valence-electron chi connectivity index (χ0n) is 16.3. The highest BCUT2D eigenvalue weighted by Gasteiger charge is 2.33. The number of benzene rings is 3. The number of nitrogens with zero attached hydrogens (tertiary/aromatic N) is 1. The second kappa shape index (κ2) is 9.30. The molecule has 3 amide bonds. The van der Waals surface area contributed by atoms with E-state index in [2.05, 4.69) is 27.9 Å². The summed E-state index contributed by atoms with van der Waals surface area (Å²) >= 11 is 2.14. The van der Waals surface area contributed by atoms with Gasteiger partial charge in [-0.3, -0.25) is 9.69 Å². The van der Waals surface area contributed by atoms with Gasteiger partial charge in [-0.25, -0.2) is 9.18 Å². The fourth-order valence-electron chi connectivity index (χ4n) is 3.16. The first-order valence-electron chi connectivity index (χ1n) is 9.55. The Morgan fingerprint density at radius 1 is 0.968 bits per heavy atom. The molecule has 0 bridgehead atoms. The van der Waals surface area contributed by atoms with Gasteiger partial charge in [-0.2, -0.15) is 0 Å². The van der Waals surface area contributed by atoms with Crippen molar-refractivity contribution in [1.29, 1.82) is 0 Å². The molecule has 3 aromatic rings. The molecule has 0 unspecified atom stereocenters. The van der Waals surface area contributed by atoms with E-state index >= 15 is 0 Å². The molecule has 3 aromatic carbocycles. The number of carbonyl (C=O) groups excluding carboxylic acids is 2. The molecule has 1 aliphatic rings. The van der Waals surface area contributed by atoms with Crippen molar-refractivity contribution >= 4 is 40.6 Å². The van der Waals surface area contributed by atoms with E-state index in [1.54, 1.807) is 30.3 Å². The fourth-order valence-corrected chi connectivity index (χ4v) is 3.85. The second-order valence-corrected chi connectivity index (χ2v) is 8.14. The molecule has 0 aliphatic carbocycles. The number of rotatable bonds is 6. The number of hydrogen-bond acceptors (Lipinski definition) is 3. The highest BCUT2D eigenvalue weighted by molar-refractivity contribution is 14.1. The summed E-state index contributed by atoms with van der Waals surface area (Å²) < 4.78 is 19.9. The topological polar surface area (TPSA) is 58.6 Å². The van der Waals surface area contributed by atoms with Crippen LogP contribution < -0.4 is 10.1 Å². The van der Waals surface area contributed by atoms with Gasteiger partial charge in [-0.1, -0.05) is 48.5 Å². The summed E-state index contributed by atoms with van der Waals surface area (Å²) in [5.74, 6) is -0.0165. The molecule has 156 valence electrons. The monoisotopic (exact) mass is 528 g/mol. The van der Waals surface area contributed by atoms with Crippen molar-refractivity contribution in [2.75, 3.05) is 0 Å². The molecule has 5 nitrogen and oxygen atoms in total. The van der Waals surface area contributed by atoms with Gasteiger partial charge in [0, 0.05) is 0 Å². The number of nitrogens with one attached hydrogen (secondary N) is 1. The van der Waals surface area contributed by atoms with Gasteiger partial charge in [0.25, 0.3) is 5.91 Å². The highest BCUT2D eigenvalue weighted by Crippen LogP contribution is 2.25. The van der Waals surface area contributed by atoms with E-state index in [1.807, 2.05) is 36.4 Å². The molecular formula is C24H18FIN2O3. The minimum Gasteiger partial charge on any atom is -0.488 e. The van der Waals surface area contributed by atoms with Crippen LogP contribution in [0, 0.1) is 9.39 Å². The van der Waals surface area contributed by atoms with Gasteiger partial charge in [0.2, 0.25) is 0 Å². The van der Waals surface area contributed by atoms with Crippen LogP contribution in [0.3, 0.4) is 0 Å². The average Bonchev–Trinajstić information content (AvgIpc) is 3.01. The zero-order valence-corrected chi connectivity index (χ0v) is 18.5. The van der Waals surface area contributed by atoms with Crippen LogP contribution in [0.4, 0.5) is 9.18 Å². The van der Waals surface area contributed by atoms with E-state index in [-0.39, 0.29) is 30.6 Å². The quantitative estimate of drug-likeness (QED) is 0.275. The third-order valence-electron chi connectivity index (χ3n) is 4.70. The first-order valence-corrected chi connectivity index (χ1v) is 10.6. The van der Waals surface area contributed by atoms with E-state index in [0.717, 1.165) is 20.3 Å². The first-order chi connectivity index (χ1) is 15.0. The molecule has 1 fully saturated rings. The third-order valence-corrected chi connectivity index (χ3v) is 5.54. The molecule has 0 spiro atoms. The Kier molecular flexibility index (Phi) is 6.31. The van der Waals surface area contributed by atoms with Gasteiger partial charge < -0.3 is 10.1 Å². The van der Waals surface area contributed by atoms with Crippen molar-refractivity contribution in [3.8, 4) is 5.75 Å². The van der Waals surface area contributed by atoms with Crippen LogP contribution in [0.2, 0.25) is 0 Å². The minimum absolute atomic E-state index is 0.216. The van der Waals surface area contributed by atoms with Crippen LogP contribution in [0.5, 0.6) is 5.75 Å². The summed E-state index contributed by atoms with van der Waals surface area (Å²) in [6.45, 7) is 0.463. The van der Waals surface area contributed by atoms with E-state index in [0.29, 0.717) is 5.75 Å². The number of ether oxygens (including phenoxy) is 1. The van der Waals surface area contributed by atoms with Crippen LogP contribution in [-0.2, 0) is 17.9 Å². The van der Waals surface area contributed by atoms with Crippen LogP contribution in [0.15, 0.2) is 78.5 Å². The Morgan fingerprint density at radius 2 is 1.74 bits per heavy atom. The summed E-state index contributed by atoms with van der Waals surface area (Å²) in [4.78, 5) is 26.1. The van der Waals surface area contributed by atoms with E-state index in [9.17, 15) is 14.0 Å². The summed E-state index contributed by atoms with van der Waals surface area (Å²) in [6, 6.07) is 20.6. The molecule has 31 heavy (non-hydrogen) atoms. The Hall–Kier alpha value is -3.20. The Balaban J connectivity index is 1.45. The normalized spacial score (nSPS) is 14.8. The smallest absolute Gasteiger partial charge is 0.329 e. The van der Waals surface area contributed by atoms with E-state index in [1.165, 1.54) is 17.0 Å². The van der Waals surface area contributed by atoms with Gasteiger partial charge in [0.05, 0.1) is 10.1 Å². The molecule has 1 saturated heterocycles. The molecule has 0 radical (unpaired) electrons. The molecule has 0 atom stereocenters. The number of carbonyl (C=O) groups is 2. The van der Waals surface area contributed by atoms with Crippen molar-refractivity contribution in [3.05, 3.63) is 105 Å². The first kappa shape index (κ1) is 21.0. The lowest BCUT2D eigenvalue weighted by molar-refractivity contribution is -0.123. The summed E-state index contributed by atoms with van der Waals surface area (Å²) in [7, 11) is 0. The van der Waals surface area contributed by atoms with Gasteiger partial charge in [0.1, 0.15) is 23.9 Å². The van der Waals surface area contributed by atoms with Crippen molar-refractivity contribution in [2.24, 2.45) is 0 Å². The maximum atomic E-state index is 13.3. The average molecular weight is 528 g/mol. The maximum absolute atomic E-state index is 13.3. The van der Waals surface area contributed by atoms with Crippen molar-refractivity contribution < 1.29 is 18.7 Å².